The molecule has 3 heteroatoms. The molecule has 1 aliphatic rings. The fraction of sp³-hybridized carbons (Fsp3) is 0.667. The SMILES string of the molecule is CCN(CC)CCN1c2cccc(CO)c2C(C)(C)[C@H]1C. The minimum Gasteiger partial charge on any atom is -0.392 e. The first-order chi connectivity index (χ1) is 9.97. The van der Waals surface area contributed by atoms with Gasteiger partial charge in [-0.15, -0.1) is 0 Å². The Morgan fingerprint density at radius 2 is 1.90 bits per heavy atom. The van der Waals surface area contributed by atoms with Gasteiger partial charge in [0.05, 0.1) is 6.61 Å². The van der Waals surface area contributed by atoms with Crippen molar-refractivity contribution in [2.24, 2.45) is 0 Å². The van der Waals surface area contributed by atoms with E-state index in [1.54, 1.807) is 0 Å². The standard InChI is InChI=1S/C18H30N2O/c1-6-19(7-2)11-12-20-14(3)18(4,5)17-15(13-21)9-8-10-16(17)20/h8-10,14,21H,6-7,11-13H2,1-5H3/t14-/m1/s1. The smallest absolute Gasteiger partial charge is 0.0685 e. The van der Waals surface area contributed by atoms with E-state index in [9.17, 15) is 5.11 Å². The molecule has 0 unspecified atom stereocenters. The van der Waals surface area contributed by atoms with E-state index < -0.39 is 0 Å². The fourth-order valence-corrected chi connectivity index (χ4v) is 3.61. The highest BCUT2D eigenvalue weighted by Crippen LogP contribution is 2.46. The number of likely N-dealkylation sites (N-methyl/N-ethyl adjacent to an activating group) is 1. The maximum atomic E-state index is 9.67. The monoisotopic (exact) mass is 290 g/mol. The molecule has 0 bridgehead atoms. The van der Waals surface area contributed by atoms with Gasteiger partial charge in [-0.1, -0.05) is 39.8 Å². The van der Waals surface area contributed by atoms with E-state index in [0.29, 0.717) is 6.04 Å². The van der Waals surface area contributed by atoms with Crippen LogP contribution in [0, 0.1) is 0 Å². The average molecular weight is 290 g/mol. The lowest BCUT2D eigenvalue weighted by Gasteiger charge is -2.33. The molecule has 21 heavy (non-hydrogen) atoms. The van der Waals surface area contributed by atoms with Crippen LogP contribution in [0.15, 0.2) is 18.2 Å². The van der Waals surface area contributed by atoms with Gasteiger partial charge in [0.25, 0.3) is 0 Å². The first-order valence-electron chi connectivity index (χ1n) is 8.19. The average Bonchev–Trinajstić information content (AvgIpc) is 2.68. The van der Waals surface area contributed by atoms with Crippen LogP contribution in [0.2, 0.25) is 0 Å². The van der Waals surface area contributed by atoms with Crippen LogP contribution in [0.1, 0.15) is 45.7 Å². The van der Waals surface area contributed by atoms with Crippen molar-refractivity contribution in [1.82, 2.24) is 4.90 Å². The summed E-state index contributed by atoms with van der Waals surface area (Å²) >= 11 is 0. The molecule has 0 amide bonds. The molecule has 1 aromatic rings. The lowest BCUT2D eigenvalue weighted by atomic mass is 9.79. The van der Waals surface area contributed by atoms with Gasteiger partial charge in [0, 0.05) is 30.2 Å². The van der Waals surface area contributed by atoms with Crippen molar-refractivity contribution in [3.8, 4) is 0 Å². The first-order valence-corrected chi connectivity index (χ1v) is 8.19. The van der Waals surface area contributed by atoms with E-state index in [2.05, 4.69) is 62.6 Å². The Morgan fingerprint density at radius 1 is 1.24 bits per heavy atom. The molecule has 0 saturated carbocycles. The van der Waals surface area contributed by atoms with Crippen LogP contribution in [0.25, 0.3) is 0 Å². The number of rotatable bonds is 6. The largest absolute Gasteiger partial charge is 0.392 e. The highest BCUT2D eigenvalue weighted by Gasteiger charge is 2.42. The van der Waals surface area contributed by atoms with E-state index in [-0.39, 0.29) is 12.0 Å². The Hall–Kier alpha value is -1.06. The molecule has 0 fully saturated rings. The Bertz CT molecular complexity index is 480. The van der Waals surface area contributed by atoms with E-state index in [4.69, 9.17) is 0 Å². The van der Waals surface area contributed by atoms with Gasteiger partial charge in [-0.25, -0.2) is 0 Å². The molecule has 1 atom stereocenters. The molecule has 0 aliphatic carbocycles. The number of anilines is 1. The second-order valence-electron chi connectivity index (χ2n) is 6.59. The van der Waals surface area contributed by atoms with Crippen LogP contribution in [-0.4, -0.2) is 42.2 Å². The molecule has 1 aromatic carbocycles. The predicted octanol–water partition coefficient (Wildman–Crippen LogP) is 3.01. The summed E-state index contributed by atoms with van der Waals surface area (Å²) in [6, 6.07) is 6.79. The van der Waals surface area contributed by atoms with Crippen molar-refractivity contribution in [2.45, 2.75) is 52.7 Å². The molecular weight excluding hydrogens is 260 g/mol. The predicted molar refractivity (Wildman–Crippen MR) is 90.0 cm³/mol. The summed E-state index contributed by atoms with van der Waals surface area (Å²) in [7, 11) is 0. The maximum absolute atomic E-state index is 9.67. The first kappa shape index (κ1) is 16.3. The minimum absolute atomic E-state index is 0.0813. The highest BCUT2D eigenvalue weighted by atomic mass is 16.3. The number of hydrogen-bond donors (Lipinski definition) is 1. The van der Waals surface area contributed by atoms with Gasteiger partial charge in [0.1, 0.15) is 0 Å². The zero-order valence-electron chi connectivity index (χ0n) is 14.2. The Kier molecular flexibility index (Phi) is 4.95. The van der Waals surface area contributed by atoms with Crippen LogP contribution in [-0.2, 0) is 12.0 Å². The summed E-state index contributed by atoms with van der Waals surface area (Å²) in [5.41, 5.74) is 3.80. The Morgan fingerprint density at radius 3 is 2.48 bits per heavy atom. The molecule has 118 valence electrons. The topological polar surface area (TPSA) is 26.7 Å². The summed E-state index contributed by atoms with van der Waals surface area (Å²) in [4.78, 5) is 4.99. The molecular formula is C18H30N2O. The Balaban J connectivity index is 2.30. The number of aliphatic hydroxyl groups is 1. The summed E-state index contributed by atoms with van der Waals surface area (Å²) in [5, 5.41) is 9.67. The third-order valence-electron chi connectivity index (χ3n) is 5.32. The molecule has 1 heterocycles. The van der Waals surface area contributed by atoms with Crippen molar-refractivity contribution in [3.05, 3.63) is 29.3 Å². The maximum Gasteiger partial charge on any atom is 0.0685 e. The van der Waals surface area contributed by atoms with Crippen molar-refractivity contribution < 1.29 is 5.11 Å². The lowest BCUT2D eigenvalue weighted by Crippen LogP contribution is -2.43. The number of benzene rings is 1. The number of aliphatic hydroxyl groups excluding tert-OH is 1. The molecule has 0 saturated heterocycles. The normalized spacial score (nSPS) is 20.1. The van der Waals surface area contributed by atoms with Crippen molar-refractivity contribution in [1.29, 1.82) is 0 Å². The number of nitrogens with zero attached hydrogens (tertiary/aromatic N) is 2. The van der Waals surface area contributed by atoms with E-state index in [0.717, 1.165) is 31.7 Å². The second-order valence-corrected chi connectivity index (χ2v) is 6.59. The third kappa shape index (κ3) is 2.82. The fourth-order valence-electron chi connectivity index (χ4n) is 3.61. The van der Waals surface area contributed by atoms with Crippen molar-refractivity contribution in [3.63, 3.8) is 0 Å². The summed E-state index contributed by atoms with van der Waals surface area (Å²) in [6.07, 6.45) is 0. The van der Waals surface area contributed by atoms with Gasteiger partial charge in [-0.05, 0) is 37.2 Å². The third-order valence-corrected chi connectivity index (χ3v) is 5.32. The van der Waals surface area contributed by atoms with Crippen molar-refractivity contribution >= 4 is 5.69 Å². The zero-order valence-corrected chi connectivity index (χ0v) is 14.2. The van der Waals surface area contributed by atoms with Gasteiger partial charge < -0.3 is 14.9 Å². The van der Waals surface area contributed by atoms with Gasteiger partial charge in [0.2, 0.25) is 0 Å². The van der Waals surface area contributed by atoms with E-state index in [1.807, 2.05) is 0 Å². The van der Waals surface area contributed by atoms with Crippen LogP contribution in [0.4, 0.5) is 5.69 Å². The van der Waals surface area contributed by atoms with Crippen LogP contribution >= 0.6 is 0 Å². The summed E-state index contributed by atoms with van der Waals surface area (Å²) in [5.74, 6) is 0. The molecule has 2 rings (SSSR count). The molecule has 1 aliphatic heterocycles. The van der Waals surface area contributed by atoms with Gasteiger partial charge in [-0.2, -0.15) is 0 Å². The Labute approximate surface area is 129 Å². The lowest BCUT2D eigenvalue weighted by molar-refractivity contribution is 0.277. The van der Waals surface area contributed by atoms with Gasteiger partial charge in [-0.3, -0.25) is 0 Å². The number of fused-ring (bicyclic) bond motifs is 1. The van der Waals surface area contributed by atoms with E-state index >= 15 is 0 Å². The van der Waals surface area contributed by atoms with Gasteiger partial charge in [0.15, 0.2) is 0 Å². The van der Waals surface area contributed by atoms with Crippen molar-refractivity contribution in [2.75, 3.05) is 31.1 Å². The molecule has 1 N–H and O–H groups in total. The van der Waals surface area contributed by atoms with Gasteiger partial charge >= 0.3 is 0 Å². The molecule has 3 nitrogen and oxygen atoms in total. The van der Waals surface area contributed by atoms with Crippen LogP contribution in [0.5, 0.6) is 0 Å². The minimum atomic E-state index is 0.0813. The molecule has 0 radical (unpaired) electrons. The van der Waals surface area contributed by atoms with Crippen LogP contribution < -0.4 is 4.90 Å². The quantitative estimate of drug-likeness (QED) is 0.872. The van der Waals surface area contributed by atoms with Crippen LogP contribution in [0.3, 0.4) is 0 Å². The summed E-state index contributed by atoms with van der Waals surface area (Å²) in [6.45, 7) is 15.8. The molecule has 0 spiro atoms. The highest BCUT2D eigenvalue weighted by molar-refractivity contribution is 5.66. The zero-order chi connectivity index (χ0) is 15.6. The van der Waals surface area contributed by atoms with E-state index in [1.165, 1.54) is 11.3 Å². The number of hydrogen-bond acceptors (Lipinski definition) is 3. The molecule has 0 aromatic heterocycles. The summed E-state index contributed by atoms with van der Waals surface area (Å²) < 4.78 is 0. The second kappa shape index (κ2) is 6.37.